The van der Waals surface area contributed by atoms with E-state index in [-0.39, 0.29) is 17.7 Å². The molecule has 7 nitrogen and oxygen atoms in total. The summed E-state index contributed by atoms with van der Waals surface area (Å²) >= 11 is 0. The molecule has 2 aliphatic heterocycles. The quantitative estimate of drug-likeness (QED) is 0.746. The molecule has 1 fully saturated rings. The lowest BCUT2D eigenvalue weighted by Crippen LogP contribution is -2.41. The van der Waals surface area contributed by atoms with Crippen LogP contribution in [0.1, 0.15) is 34.3 Å². The van der Waals surface area contributed by atoms with Gasteiger partial charge < -0.3 is 20.4 Å². The summed E-state index contributed by atoms with van der Waals surface area (Å²) in [4.78, 5) is 28.7. The van der Waals surface area contributed by atoms with E-state index in [2.05, 4.69) is 16.8 Å². The summed E-state index contributed by atoms with van der Waals surface area (Å²) in [7, 11) is 3.43. The summed E-state index contributed by atoms with van der Waals surface area (Å²) in [6.45, 7) is 2.71. The third-order valence-electron chi connectivity index (χ3n) is 6.21. The Hall–Kier alpha value is -3.37. The third kappa shape index (κ3) is 4.12. The van der Waals surface area contributed by atoms with Gasteiger partial charge in [0, 0.05) is 31.9 Å². The molecule has 2 heterocycles. The molecule has 0 aromatic heterocycles. The minimum absolute atomic E-state index is 0.0253. The first-order valence-electron chi connectivity index (χ1n) is 10.6. The maximum atomic E-state index is 13.1. The fraction of sp³-hybridized carbons (Fsp3) is 0.375. The van der Waals surface area contributed by atoms with Gasteiger partial charge in [-0.05, 0) is 65.9 Å². The number of rotatable bonds is 4. The smallest absolute Gasteiger partial charge is 0.251 e. The highest BCUT2D eigenvalue weighted by Gasteiger charge is 2.28. The maximum absolute atomic E-state index is 13.1. The summed E-state index contributed by atoms with van der Waals surface area (Å²) in [5.41, 5.74) is 5.36. The molecule has 4 rings (SSSR count). The van der Waals surface area contributed by atoms with Crippen LogP contribution in [0.3, 0.4) is 0 Å². The average Bonchev–Trinajstić information content (AvgIpc) is 3.26. The minimum Gasteiger partial charge on any atom is -0.355 e. The number of hydrogen-bond acceptors (Lipinski definition) is 5. The van der Waals surface area contributed by atoms with Crippen molar-refractivity contribution in [2.45, 2.75) is 25.9 Å². The predicted octanol–water partition coefficient (Wildman–Crippen LogP) is 2.47. The van der Waals surface area contributed by atoms with Crippen molar-refractivity contribution in [1.29, 1.82) is 5.26 Å². The monoisotopic (exact) mass is 417 g/mol. The highest BCUT2D eigenvalue weighted by atomic mass is 16.2. The van der Waals surface area contributed by atoms with Gasteiger partial charge in [0.2, 0.25) is 5.91 Å². The van der Waals surface area contributed by atoms with E-state index in [0.29, 0.717) is 25.2 Å². The molecule has 0 saturated carbocycles. The molecule has 31 heavy (non-hydrogen) atoms. The molecule has 7 heteroatoms. The molecular formula is C24H27N5O2. The second-order valence-electron chi connectivity index (χ2n) is 8.19. The number of benzene rings is 2. The number of anilines is 1. The molecule has 0 bridgehead atoms. The lowest BCUT2D eigenvalue weighted by Gasteiger charge is -2.28. The number of carbonyl (C=O) groups excluding carboxylic acids is 2. The molecule has 2 N–H and O–H groups in total. The summed E-state index contributed by atoms with van der Waals surface area (Å²) in [6.07, 6.45) is 4.13. The van der Waals surface area contributed by atoms with Crippen molar-refractivity contribution < 1.29 is 9.59 Å². The Kier molecular flexibility index (Phi) is 5.92. The number of amides is 2. The molecule has 1 saturated heterocycles. The molecule has 2 amide bonds. The van der Waals surface area contributed by atoms with E-state index in [1.54, 1.807) is 22.9 Å². The van der Waals surface area contributed by atoms with Crippen molar-refractivity contribution in [3.8, 4) is 17.3 Å². The fourth-order valence-corrected chi connectivity index (χ4v) is 4.45. The number of piperidine rings is 1. The molecule has 1 atom stereocenters. The first-order chi connectivity index (χ1) is 15.0. The van der Waals surface area contributed by atoms with Gasteiger partial charge in [0.05, 0.1) is 19.0 Å². The zero-order valence-corrected chi connectivity index (χ0v) is 17.9. The van der Waals surface area contributed by atoms with Crippen LogP contribution in [0.25, 0.3) is 11.1 Å². The Bertz CT molecular complexity index is 1050. The summed E-state index contributed by atoms with van der Waals surface area (Å²) in [6, 6.07) is 11.5. The van der Waals surface area contributed by atoms with Crippen molar-refractivity contribution >= 4 is 17.5 Å². The normalized spacial score (nSPS) is 17.6. The van der Waals surface area contributed by atoms with E-state index in [9.17, 15) is 14.9 Å². The van der Waals surface area contributed by atoms with Crippen molar-refractivity contribution in [2.24, 2.45) is 5.92 Å². The Balaban J connectivity index is 1.75. The Morgan fingerprint density at radius 3 is 2.81 bits per heavy atom. The highest BCUT2D eigenvalue weighted by Crippen LogP contribution is 2.37. The number of nitrogens with zero attached hydrogens (tertiary/aromatic N) is 3. The molecule has 160 valence electrons. The van der Waals surface area contributed by atoms with Gasteiger partial charge in [-0.3, -0.25) is 9.59 Å². The summed E-state index contributed by atoms with van der Waals surface area (Å²) < 4.78 is 0. The van der Waals surface area contributed by atoms with Gasteiger partial charge in [-0.25, -0.2) is 0 Å². The largest absolute Gasteiger partial charge is 0.355 e. The van der Waals surface area contributed by atoms with Crippen LogP contribution in [0.2, 0.25) is 0 Å². The molecule has 0 aliphatic carbocycles. The van der Waals surface area contributed by atoms with Gasteiger partial charge >= 0.3 is 0 Å². The molecular weight excluding hydrogens is 390 g/mol. The Morgan fingerprint density at radius 2 is 2.10 bits per heavy atom. The van der Waals surface area contributed by atoms with Crippen molar-refractivity contribution in [3.63, 3.8) is 0 Å². The van der Waals surface area contributed by atoms with Gasteiger partial charge in [0.25, 0.3) is 5.91 Å². The second kappa shape index (κ2) is 8.78. The average molecular weight is 418 g/mol. The predicted molar refractivity (Wildman–Crippen MR) is 119 cm³/mol. The highest BCUT2D eigenvalue weighted by molar-refractivity contribution is 5.97. The van der Waals surface area contributed by atoms with E-state index in [1.807, 2.05) is 37.4 Å². The number of carbonyl (C=O) groups is 2. The number of nitrogens with one attached hydrogen (secondary N) is 2. The van der Waals surface area contributed by atoms with E-state index in [0.717, 1.165) is 47.3 Å². The zero-order valence-electron chi connectivity index (χ0n) is 17.9. The van der Waals surface area contributed by atoms with Gasteiger partial charge in [-0.1, -0.05) is 12.1 Å². The molecule has 2 aromatic carbocycles. The van der Waals surface area contributed by atoms with Crippen LogP contribution in [-0.2, 0) is 17.9 Å². The first-order valence-corrected chi connectivity index (χ1v) is 10.6. The summed E-state index contributed by atoms with van der Waals surface area (Å²) in [5, 5.41) is 15.4. The van der Waals surface area contributed by atoms with Crippen LogP contribution in [0.4, 0.5) is 5.69 Å². The molecule has 0 spiro atoms. The standard InChI is InChI=1S/C24H27N5O2/c1-26-23(30)17-6-3-5-16(9-17)21-11-20(10-19-13-29(15-25)14-22(19)21)28(2)24(31)18-7-4-8-27-12-18/h3,5-6,9-11,18,27H,4,7-8,12-14H2,1-2H3,(H,26,30)/t18-/m1/s1. The van der Waals surface area contributed by atoms with Gasteiger partial charge in [0.1, 0.15) is 0 Å². The summed E-state index contributed by atoms with van der Waals surface area (Å²) in [5.74, 6) is -0.0691. The number of hydrogen-bond donors (Lipinski definition) is 2. The van der Waals surface area contributed by atoms with Gasteiger partial charge in [-0.2, -0.15) is 5.26 Å². The molecule has 0 unspecified atom stereocenters. The van der Waals surface area contributed by atoms with Crippen molar-refractivity contribution in [3.05, 3.63) is 53.1 Å². The van der Waals surface area contributed by atoms with E-state index in [1.165, 1.54) is 0 Å². The first kappa shape index (κ1) is 20.9. The van der Waals surface area contributed by atoms with Gasteiger partial charge in [0.15, 0.2) is 6.19 Å². The molecule has 2 aliphatic rings. The minimum atomic E-state index is -0.148. The third-order valence-corrected chi connectivity index (χ3v) is 6.21. The van der Waals surface area contributed by atoms with E-state index >= 15 is 0 Å². The lowest BCUT2D eigenvalue weighted by molar-refractivity contribution is -0.122. The van der Waals surface area contributed by atoms with Gasteiger partial charge in [-0.15, -0.1) is 0 Å². The second-order valence-corrected chi connectivity index (χ2v) is 8.19. The van der Waals surface area contributed by atoms with Crippen LogP contribution in [-0.4, -0.2) is 43.9 Å². The number of nitriles is 1. The van der Waals surface area contributed by atoms with Crippen molar-refractivity contribution in [1.82, 2.24) is 15.5 Å². The fourth-order valence-electron chi connectivity index (χ4n) is 4.45. The van der Waals surface area contributed by atoms with E-state index in [4.69, 9.17) is 0 Å². The molecule has 2 aromatic rings. The topological polar surface area (TPSA) is 88.5 Å². The van der Waals surface area contributed by atoms with Crippen LogP contribution in [0, 0.1) is 17.4 Å². The van der Waals surface area contributed by atoms with Crippen LogP contribution >= 0.6 is 0 Å². The molecule has 0 radical (unpaired) electrons. The number of fused-ring (bicyclic) bond motifs is 1. The SMILES string of the molecule is CNC(=O)c1cccc(-c2cc(N(C)C(=O)[C@@H]3CCCNC3)cc3c2CN(C#N)C3)c1. The van der Waals surface area contributed by atoms with Crippen LogP contribution < -0.4 is 15.5 Å². The van der Waals surface area contributed by atoms with Crippen LogP contribution in [0.15, 0.2) is 36.4 Å². The Morgan fingerprint density at radius 1 is 1.26 bits per heavy atom. The maximum Gasteiger partial charge on any atom is 0.251 e. The Labute approximate surface area is 182 Å². The van der Waals surface area contributed by atoms with E-state index < -0.39 is 0 Å². The lowest BCUT2D eigenvalue weighted by atomic mass is 9.94. The van der Waals surface area contributed by atoms with Crippen LogP contribution in [0.5, 0.6) is 0 Å². The zero-order chi connectivity index (χ0) is 22.0. The van der Waals surface area contributed by atoms with Crippen molar-refractivity contribution in [2.75, 3.05) is 32.1 Å².